The van der Waals surface area contributed by atoms with Crippen LogP contribution in [0, 0.1) is 12.8 Å². The van der Waals surface area contributed by atoms with Crippen LogP contribution in [-0.4, -0.2) is 13.1 Å². The molecule has 0 saturated heterocycles. The van der Waals surface area contributed by atoms with Crippen molar-refractivity contribution in [3.63, 3.8) is 0 Å². The standard InChI is InChI=1S/C16H25Br2N/c1-11(2)10-19-7-6-16(4,5)13-9-14(17)12(3)8-15(13)18/h8-9,11,19H,6-7,10H2,1-5H3. The first-order valence-electron chi connectivity index (χ1n) is 6.91. The van der Waals surface area contributed by atoms with E-state index in [0.29, 0.717) is 5.92 Å². The Hall–Kier alpha value is 0.140. The minimum atomic E-state index is 0.166. The summed E-state index contributed by atoms with van der Waals surface area (Å²) in [6, 6.07) is 4.45. The summed E-state index contributed by atoms with van der Waals surface area (Å²) in [4.78, 5) is 0. The average molecular weight is 391 g/mol. The monoisotopic (exact) mass is 389 g/mol. The number of hydrogen-bond donors (Lipinski definition) is 1. The van der Waals surface area contributed by atoms with Crippen molar-refractivity contribution in [3.05, 3.63) is 32.2 Å². The molecule has 0 bridgehead atoms. The molecular formula is C16H25Br2N. The van der Waals surface area contributed by atoms with E-state index in [2.05, 4.69) is 83.9 Å². The van der Waals surface area contributed by atoms with Gasteiger partial charge >= 0.3 is 0 Å². The van der Waals surface area contributed by atoms with Gasteiger partial charge in [-0.15, -0.1) is 0 Å². The molecule has 19 heavy (non-hydrogen) atoms. The largest absolute Gasteiger partial charge is 0.316 e. The average Bonchev–Trinajstić information content (AvgIpc) is 2.29. The molecule has 0 saturated carbocycles. The van der Waals surface area contributed by atoms with Crippen molar-refractivity contribution >= 4 is 31.9 Å². The van der Waals surface area contributed by atoms with E-state index in [0.717, 1.165) is 19.5 Å². The highest BCUT2D eigenvalue weighted by Crippen LogP contribution is 2.36. The zero-order valence-electron chi connectivity index (χ0n) is 12.6. The molecule has 0 fully saturated rings. The van der Waals surface area contributed by atoms with Crippen LogP contribution in [0.15, 0.2) is 21.1 Å². The summed E-state index contributed by atoms with van der Waals surface area (Å²) in [7, 11) is 0. The second-order valence-corrected chi connectivity index (χ2v) is 8.02. The molecule has 0 atom stereocenters. The van der Waals surface area contributed by atoms with E-state index in [1.165, 1.54) is 20.1 Å². The summed E-state index contributed by atoms with van der Waals surface area (Å²) < 4.78 is 2.40. The predicted molar refractivity (Wildman–Crippen MR) is 91.9 cm³/mol. The summed E-state index contributed by atoms with van der Waals surface area (Å²) >= 11 is 7.35. The molecule has 0 spiro atoms. The molecule has 0 unspecified atom stereocenters. The highest BCUT2D eigenvalue weighted by atomic mass is 79.9. The van der Waals surface area contributed by atoms with Crippen molar-refractivity contribution < 1.29 is 0 Å². The fourth-order valence-corrected chi connectivity index (χ4v) is 3.43. The molecular weight excluding hydrogens is 366 g/mol. The smallest absolute Gasteiger partial charge is 0.0216 e. The van der Waals surface area contributed by atoms with Crippen molar-refractivity contribution in [2.75, 3.05) is 13.1 Å². The Morgan fingerprint density at radius 1 is 1.16 bits per heavy atom. The Morgan fingerprint density at radius 3 is 2.37 bits per heavy atom. The molecule has 0 amide bonds. The molecule has 108 valence electrons. The van der Waals surface area contributed by atoms with Crippen LogP contribution >= 0.6 is 31.9 Å². The molecule has 0 aromatic heterocycles. The van der Waals surface area contributed by atoms with E-state index < -0.39 is 0 Å². The third-order valence-corrected chi connectivity index (χ3v) is 4.97. The van der Waals surface area contributed by atoms with Crippen molar-refractivity contribution in [1.82, 2.24) is 5.32 Å². The lowest BCUT2D eigenvalue weighted by molar-refractivity contribution is 0.440. The first-order chi connectivity index (χ1) is 8.74. The van der Waals surface area contributed by atoms with Gasteiger partial charge in [-0.05, 0) is 61.0 Å². The Bertz CT molecular complexity index is 425. The van der Waals surface area contributed by atoms with Crippen LogP contribution in [0.4, 0.5) is 0 Å². The first-order valence-corrected chi connectivity index (χ1v) is 8.49. The number of aryl methyl sites for hydroxylation is 1. The highest BCUT2D eigenvalue weighted by molar-refractivity contribution is 9.11. The van der Waals surface area contributed by atoms with Gasteiger partial charge in [0.15, 0.2) is 0 Å². The molecule has 0 aliphatic heterocycles. The zero-order valence-corrected chi connectivity index (χ0v) is 15.8. The van der Waals surface area contributed by atoms with Gasteiger partial charge in [-0.1, -0.05) is 59.6 Å². The number of benzene rings is 1. The normalized spacial score (nSPS) is 12.2. The van der Waals surface area contributed by atoms with Gasteiger partial charge in [0.05, 0.1) is 0 Å². The molecule has 1 nitrogen and oxygen atoms in total. The number of rotatable bonds is 6. The molecule has 0 aliphatic rings. The molecule has 1 aromatic carbocycles. The van der Waals surface area contributed by atoms with Gasteiger partial charge in [0.1, 0.15) is 0 Å². The minimum Gasteiger partial charge on any atom is -0.316 e. The van der Waals surface area contributed by atoms with Gasteiger partial charge in [0.2, 0.25) is 0 Å². The Balaban J connectivity index is 2.74. The van der Waals surface area contributed by atoms with E-state index >= 15 is 0 Å². The summed E-state index contributed by atoms with van der Waals surface area (Å²) in [6.45, 7) is 13.4. The summed E-state index contributed by atoms with van der Waals surface area (Å²) in [5, 5.41) is 3.53. The third kappa shape index (κ3) is 5.20. The molecule has 0 radical (unpaired) electrons. The van der Waals surface area contributed by atoms with E-state index in [1.54, 1.807) is 0 Å². The molecule has 0 aliphatic carbocycles. The molecule has 1 aromatic rings. The number of hydrogen-bond acceptors (Lipinski definition) is 1. The SMILES string of the molecule is Cc1cc(Br)c(C(C)(C)CCNCC(C)C)cc1Br. The van der Waals surface area contributed by atoms with Gasteiger partial charge in [-0.2, -0.15) is 0 Å². The van der Waals surface area contributed by atoms with Crippen molar-refractivity contribution in [2.45, 2.75) is 46.5 Å². The van der Waals surface area contributed by atoms with E-state index in [4.69, 9.17) is 0 Å². The summed E-state index contributed by atoms with van der Waals surface area (Å²) in [5.41, 5.74) is 2.81. The van der Waals surface area contributed by atoms with Crippen molar-refractivity contribution in [2.24, 2.45) is 5.92 Å². The van der Waals surface area contributed by atoms with Gasteiger partial charge in [0, 0.05) is 8.95 Å². The van der Waals surface area contributed by atoms with Gasteiger partial charge < -0.3 is 5.32 Å². The fourth-order valence-electron chi connectivity index (χ4n) is 2.09. The quantitative estimate of drug-likeness (QED) is 0.638. The maximum absolute atomic E-state index is 3.71. The van der Waals surface area contributed by atoms with Crippen LogP contribution in [0.25, 0.3) is 0 Å². The lowest BCUT2D eigenvalue weighted by Gasteiger charge is -2.27. The third-order valence-electron chi connectivity index (χ3n) is 3.46. The van der Waals surface area contributed by atoms with E-state index in [-0.39, 0.29) is 5.41 Å². The predicted octanol–water partition coefficient (Wildman–Crippen LogP) is 5.43. The lowest BCUT2D eigenvalue weighted by atomic mass is 9.81. The van der Waals surface area contributed by atoms with Gasteiger partial charge in [-0.25, -0.2) is 0 Å². The van der Waals surface area contributed by atoms with Crippen LogP contribution in [0.2, 0.25) is 0 Å². The van der Waals surface area contributed by atoms with Crippen LogP contribution in [-0.2, 0) is 5.41 Å². The second-order valence-electron chi connectivity index (χ2n) is 6.31. The van der Waals surface area contributed by atoms with Crippen LogP contribution < -0.4 is 5.32 Å². The molecule has 3 heteroatoms. The Kier molecular flexibility index (Phi) is 6.55. The topological polar surface area (TPSA) is 12.0 Å². The Labute approximate surface area is 134 Å². The summed E-state index contributed by atoms with van der Waals surface area (Å²) in [6.07, 6.45) is 1.13. The number of nitrogens with one attached hydrogen (secondary N) is 1. The Morgan fingerprint density at radius 2 is 1.79 bits per heavy atom. The van der Waals surface area contributed by atoms with Crippen LogP contribution in [0.3, 0.4) is 0 Å². The minimum absolute atomic E-state index is 0.166. The van der Waals surface area contributed by atoms with E-state index in [1.807, 2.05) is 0 Å². The molecule has 1 rings (SSSR count). The van der Waals surface area contributed by atoms with Crippen LogP contribution in [0.5, 0.6) is 0 Å². The maximum Gasteiger partial charge on any atom is 0.0216 e. The van der Waals surface area contributed by atoms with Crippen LogP contribution in [0.1, 0.15) is 45.2 Å². The van der Waals surface area contributed by atoms with Gasteiger partial charge in [-0.3, -0.25) is 0 Å². The maximum atomic E-state index is 3.71. The van der Waals surface area contributed by atoms with Gasteiger partial charge in [0.25, 0.3) is 0 Å². The summed E-state index contributed by atoms with van der Waals surface area (Å²) in [5.74, 6) is 0.711. The lowest BCUT2D eigenvalue weighted by Crippen LogP contribution is -2.28. The van der Waals surface area contributed by atoms with Crippen molar-refractivity contribution in [3.8, 4) is 0 Å². The second kappa shape index (κ2) is 7.24. The zero-order chi connectivity index (χ0) is 14.6. The molecule has 0 heterocycles. The van der Waals surface area contributed by atoms with E-state index in [9.17, 15) is 0 Å². The highest BCUT2D eigenvalue weighted by Gasteiger charge is 2.23. The number of halogens is 2. The molecule has 1 N–H and O–H groups in total. The first kappa shape index (κ1) is 17.2. The fraction of sp³-hybridized carbons (Fsp3) is 0.625. The van der Waals surface area contributed by atoms with Crippen molar-refractivity contribution in [1.29, 1.82) is 0 Å².